The Kier molecular flexibility index (Phi) is 8.13. The maximum atomic E-state index is 2.47. The van der Waals surface area contributed by atoms with Crippen LogP contribution in [0.4, 0.5) is 17.1 Å². The van der Waals surface area contributed by atoms with Crippen LogP contribution in [0.15, 0.2) is 224 Å². The van der Waals surface area contributed by atoms with Crippen LogP contribution < -0.4 is 4.90 Å². The Labute approximate surface area is 347 Å². The zero-order chi connectivity index (χ0) is 39.6. The van der Waals surface area contributed by atoms with Gasteiger partial charge in [0.15, 0.2) is 0 Å². The van der Waals surface area contributed by atoms with Crippen molar-refractivity contribution in [3.63, 3.8) is 0 Å². The molecule has 0 N–H and O–H groups in total. The van der Waals surface area contributed by atoms with Gasteiger partial charge in [-0.1, -0.05) is 208 Å². The maximum Gasteiger partial charge on any atom is 0.0713 e. The number of fused-ring (bicyclic) bond motifs is 6. The molecule has 2 aliphatic rings. The van der Waals surface area contributed by atoms with Gasteiger partial charge in [-0.15, -0.1) is 0 Å². The van der Waals surface area contributed by atoms with E-state index in [1.165, 1.54) is 77.9 Å². The summed E-state index contributed by atoms with van der Waals surface area (Å²) in [5.41, 5.74) is 20.7. The minimum absolute atomic E-state index is 0.129. The van der Waals surface area contributed by atoms with Crippen molar-refractivity contribution in [2.45, 2.75) is 24.7 Å². The quantitative estimate of drug-likeness (QED) is 0.157. The van der Waals surface area contributed by atoms with Gasteiger partial charge < -0.3 is 4.90 Å². The highest BCUT2D eigenvalue weighted by atomic mass is 15.1. The monoisotopic (exact) mass is 753 g/mol. The van der Waals surface area contributed by atoms with Crippen molar-refractivity contribution in [1.82, 2.24) is 0 Å². The van der Waals surface area contributed by atoms with Gasteiger partial charge in [-0.25, -0.2) is 0 Å². The Bertz CT molecular complexity index is 2970. The summed E-state index contributed by atoms with van der Waals surface area (Å²) in [5.74, 6) is 0. The van der Waals surface area contributed by atoms with E-state index < -0.39 is 5.41 Å². The minimum atomic E-state index is -0.461. The average Bonchev–Trinajstić information content (AvgIpc) is 3.73. The van der Waals surface area contributed by atoms with Crippen molar-refractivity contribution in [2.24, 2.45) is 0 Å². The van der Waals surface area contributed by atoms with Crippen molar-refractivity contribution >= 4 is 17.1 Å². The fourth-order valence-corrected chi connectivity index (χ4v) is 10.3. The number of rotatable bonds is 7. The first-order valence-electron chi connectivity index (χ1n) is 20.7. The minimum Gasteiger partial charge on any atom is -0.310 e. The molecule has 0 radical (unpaired) electrons. The van der Waals surface area contributed by atoms with Gasteiger partial charge in [-0.3, -0.25) is 0 Å². The average molecular weight is 754 g/mol. The molecule has 0 spiro atoms. The zero-order valence-electron chi connectivity index (χ0n) is 33.3. The smallest absolute Gasteiger partial charge is 0.0713 e. The molecule has 2 aliphatic carbocycles. The summed E-state index contributed by atoms with van der Waals surface area (Å²) in [6.45, 7) is 4.73. The van der Waals surface area contributed by atoms with E-state index in [4.69, 9.17) is 0 Å². The highest BCUT2D eigenvalue weighted by molar-refractivity contribution is 5.97. The van der Waals surface area contributed by atoms with Gasteiger partial charge in [0.05, 0.1) is 11.1 Å². The molecule has 0 fully saturated rings. The van der Waals surface area contributed by atoms with Gasteiger partial charge >= 0.3 is 0 Å². The van der Waals surface area contributed by atoms with E-state index in [0.717, 1.165) is 17.1 Å². The molecule has 1 heteroatoms. The van der Waals surface area contributed by atoms with Crippen LogP contribution in [0.3, 0.4) is 0 Å². The number of hydrogen-bond acceptors (Lipinski definition) is 1. The summed E-state index contributed by atoms with van der Waals surface area (Å²) in [5, 5.41) is 0. The molecule has 0 aliphatic heterocycles. The third-order valence-corrected chi connectivity index (χ3v) is 13.0. The maximum absolute atomic E-state index is 2.47. The molecule has 59 heavy (non-hydrogen) atoms. The fourth-order valence-electron chi connectivity index (χ4n) is 10.3. The molecule has 280 valence electrons. The molecule has 1 nitrogen and oxygen atoms in total. The normalized spacial score (nSPS) is 13.9. The molecule has 0 saturated heterocycles. The molecule has 11 rings (SSSR count). The summed E-state index contributed by atoms with van der Waals surface area (Å²) in [6.07, 6.45) is 0. The molecule has 0 heterocycles. The van der Waals surface area contributed by atoms with Crippen LogP contribution in [0.25, 0.3) is 44.5 Å². The van der Waals surface area contributed by atoms with E-state index in [1.807, 2.05) is 0 Å². The number of para-hydroxylation sites is 1. The molecule has 0 unspecified atom stereocenters. The Morgan fingerprint density at radius 3 is 1.56 bits per heavy atom. The molecule has 9 aromatic carbocycles. The van der Waals surface area contributed by atoms with Crippen molar-refractivity contribution < 1.29 is 0 Å². The molecule has 0 atom stereocenters. The lowest BCUT2D eigenvalue weighted by atomic mass is 9.67. The highest BCUT2D eigenvalue weighted by Gasteiger charge is 2.46. The van der Waals surface area contributed by atoms with Crippen molar-refractivity contribution in [1.29, 1.82) is 0 Å². The summed E-state index contributed by atoms with van der Waals surface area (Å²) in [6, 6.07) is 82.9. The fraction of sp³-hybridized carbons (Fsp3) is 0.0690. The second kappa shape index (κ2) is 13.7. The number of benzene rings is 9. The number of nitrogens with zero attached hydrogens (tertiary/aromatic N) is 1. The summed E-state index contributed by atoms with van der Waals surface area (Å²) < 4.78 is 0. The summed E-state index contributed by atoms with van der Waals surface area (Å²) >= 11 is 0. The van der Waals surface area contributed by atoms with Crippen molar-refractivity contribution in [3.8, 4) is 44.5 Å². The van der Waals surface area contributed by atoms with Gasteiger partial charge in [-0.2, -0.15) is 0 Å². The predicted octanol–water partition coefficient (Wildman–Crippen LogP) is 15.2. The first-order chi connectivity index (χ1) is 29.0. The third-order valence-electron chi connectivity index (χ3n) is 13.0. The van der Waals surface area contributed by atoms with Crippen LogP contribution in [0.2, 0.25) is 0 Å². The van der Waals surface area contributed by atoms with Crippen LogP contribution in [-0.2, 0) is 10.8 Å². The molecule has 0 aromatic heterocycles. The van der Waals surface area contributed by atoms with Gasteiger partial charge in [0.2, 0.25) is 0 Å². The van der Waals surface area contributed by atoms with Crippen LogP contribution >= 0.6 is 0 Å². The van der Waals surface area contributed by atoms with Crippen LogP contribution in [0.5, 0.6) is 0 Å². The van der Waals surface area contributed by atoms with Gasteiger partial charge in [0.25, 0.3) is 0 Å². The topological polar surface area (TPSA) is 3.24 Å². The van der Waals surface area contributed by atoms with Crippen LogP contribution in [-0.4, -0.2) is 0 Å². The Hall–Kier alpha value is -7.22. The van der Waals surface area contributed by atoms with E-state index in [9.17, 15) is 0 Å². The molecular formula is C58H43N. The lowest BCUT2D eigenvalue weighted by Gasteiger charge is -2.34. The van der Waals surface area contributed by atoms with Gasteiger partial charge in [-0.05, 0) is 103 Å². The van der Waals surface area contributed by atoms with E-state index in [1.54, 1.807) is 0 Å². The molecule has 0 bridgehead atoms. The zero-order valence-corrected chi connectivity index (χ0v) is 33.3. The highest BCUT2D eigenvalue weighted by Crippen LogP contribution is 2.58. The number of hydrogen-bond donors (Lipinski definition) is 0. The first-order valence-corrected chi connectivity index (χ1v) is 20.7. The largest absolute Gasteiger partial charge is 0.310 e. The predicted molar refractivity (Wildman–Crippen MR) is 247 cm³/mol. The molecule has 0 amide bonds. The summed E-state index contributed by atoms with van der Waals surface area (Å²) in [7, 11) is 0. The standard InChI is InChI=1S/C58H43N/c1-57(2)51-32-15-12-29-48(51)49-37-36-45(39-54(49)57)59(55-35-17-14-28-46(55)40-20-6-3-7-21-40)44-27-18-22-41(38-44)47-31-19-34-53-56(47)50-30-13-16-33-52(50)58(53,42-23-8-4-9-24-42)43-25-10-5-11-26-43/h3-39H,1-2H3. The van der Waals surface area contributed by atoms with E-state index in [-0.39, 0.29) is 5.41 Å². The second-order valence-electron chi connectivity index (χ2n) is 16.4. The van der Waals surface area contributed by atoms with Crippen molar-refractivity contribution in [2.75, 3.05) is 4.90 Å². The second-order valence-corrected chi connectivity index (χ2v) is 16.4. The van der Waals surface area contributed by atoms with Gasteiger partial charge in [0, 0.05) is 22.4 Å². The molecule has 9 aromatic rings. The first kappa shape index (κ1) is 35.0. The lowest BCUT2D eigenvalue weighted by Crippen LogP contribution is -2.28. The third kappa shape index (κ3) is 5.31. The SMILES string of the molecule is CC1(C)c2ccccc2-c2ccc(N(c3cccc(-c4cccc5c4-c4ccccc4C5(c4ccccc4)c4ccccc4)c3)c3ccccc3-c3ccccc3)cc21. The lowest BCUT2D eigenvalue weighted by molar-refractivity contribution is 0.660. The number of anilines is 3. The van der Waals surface area contributed by atoms with Crippen molar-refractivity contribution in [3.05, 3.63) is 258 Å². The van der Waals surface area contributed by atoms with Crippen LogP contribution in [0.1, 0.15) is 47.2 Å². The Balaban J connectivity index is 1.14. The van der Waals surface area contributed by atoms with E-state index in [0.29, 0.717) is 0 Å². The summed E-state index contributed by atoms with van der Waals surface area (Å²) in [4.78, 5) is 2.47. The molecular weight excluding hydrogens is 711 g/mol. The van der Waals surface area contributed by atoms with E-state index >= 15 is 0 Å². The Morgan fingerprint density at radius 2 is 0.831 bits per heavy atom. The molecule has 0 saturated carbocycles. The van der Waals surface area contributed by atoms with Gasteiger partial charge in [0.1, 0.15) is 0 Å². The Morgan fingerprint density at radius 1 is 0.322 bits per heavy atom. The van der Waals surface area contributed by atoms with Crippen LogP contribution in [0, 0.1) is 0 Å². The van der Waals surface area contributed by atoms with E-state index in [2.05, 4.69) is 243 Å².